The summed E-state index contributed by atoms with van der Waals surface area (Å²) in [7, 11) is 0. The summed E-state index contributed by atoms with van der Waals surface area (Å²) in [6, 6.07) is 0. The van der Waals surface area contributed by atoms with Gasteiger partial charge in [0.1, 0.15) is 0 Å². The van der Waals surface area contributed by atoms with E-state index in [1.165, 1.54) is 6.08 Å². The van der Waals surface area contributed by atoms with E-state index in [1.54, 1.807) is 0 Å². The van der Waals surface area contributed by atoms with E-state index in [0.29, 0.717) is 18.4 Å². The Balaban J connectivity index is 2.92. The van der Waals surface area contributed by atoms with Crippen LogP contribution in [0.15, 0.2) is 23.8 Å². The zero-order chi connectivity index (χ0) is 14.1. The van der Waals surface area contributed by atoms with Crippen LogP contribution in [-0.2, 0) is 0 Å². The fourth-order valence-corrected chi connectivity index (χ4v) is 1.10. The lowest BCUT2D eigenvalue weighted by Gasteiger charge is -2.19. The summed E-state index contributed by atoms with van der Waals surface area (Å²) in [5.41, 5.74) is 0.184. The molecule has 1 aliphatic rings. The lowest BCUT2D eigenvalue weighted by molar-refractivity contribution is 0.540. The molecule has 0 bridgehead atoms. The van der Waals surface area contributed by atoms with Gasteiger partial charge in [0.05, 0.1) is 2.74 Å². The Bertz CT molecular complexity index is 366. The molecule has 0 fully saturated rings. The van der Waals surface area contributed by atoms with Crippen LogP contribution in [-0.4, -0.2) is 0 Å². The molecule has 1 aliphatic carbocycles. The molecule has 0 unspecified atom stereocenters. The minimum atomic E-state index is -2.45. The highest BCUT2D eigenvalue weighted by Crippen LogP contribution is 2.27. The third-order valence-corrected chi connectivity index (χ3v) is 1.82. The second-order valence-electron chi connectivity index (χ2n) is 2.61. The predicted molar refractivity (Wildman–Crippen MR) is 45.9 cm³/mol. The second kappa shape index (κ2) is 3.05. The van der Waals surface area contributed by atoms with Crippen LogP contribution in [0.3, 0.4) is 0 Å². The fraction of sp³-hybridized carbons (Fsp3) is 0.600. The van der Waals surface area contributed by atoms with Crippen LogP contribution in [0.4, 0.5) is 0 Å². The van der Waals surface area contributed by atoms with Gasteiger partial charge in [-0.05, 0) is 38.9 Å². The Labute approximate surface area is 74.9 Å². The maximum Gasteiger partial charge on any atom is 0.0537 e. The van der Waals surface area contributed by atoms with Crippen LogP contribution < -0.4 is 0 Å². The predicted octanol–water partition coefficient (Wildman–Crippen LogP) is 3.31. The average Bonchev–Trinajstić information content (AvgIpc) is 2.13. The van der Waals surface area contributed by atoms with Gasteiger partial charge in [-0.3, -0.25) is 0 Å². The highest BCUT2D eigenvalue weighted by molar-refractivity contribution is 5.09. The maximum absolute atomic E-state index is 7.33. The lowest BCUT2D eigenvalue weighted by atomic mass is 9.86. The number of allylic oxidation sites excluding steroid dienone is 3. The van der Waals surface area contributed by atoms with Gasteiger partial charge in [0.15, 0.2) is 0 Å². The first-order valence-electron chi connectivity index (χ1n) is 7.41. The van der Waals surface area contributed by atoms with Crippen LogP contribution in [0.1, 0.15) is 43.9 Å². The van der Waals surface area contributed by atoms with Gasteiger partial charge in [-0.2, -0.15) is 0 Å². The molecule has 0 nitrogen and oxygen atoms in total. The molecule has 0 radical (unpaired) electrons. The van der Waals surface area contributed by atoms with Gasteiger partial charge in [-0.15, -0.1) is 0 Å². The Morgan fingerprint density at radius 1 is 2.00 bits per heavy atom. The molecule has 1 atom stereocenters. The van der Waals surface area contributed by atoms with Crippen LogP contribution >= 0.6 is 0 Å². The van der Waals surface area contributed by atoms with Crippen LogP contribution in [0, 0.1) is 5.92 Å². The third-order valence-electron chi connectivity index (χ3n) is 1.82. The van der Waals surface area contributed by atoms with Crippen LogP contribution in [0.25, 0.3) is 0 Å². The topological polar surface area (TPSA) is 0 Å². The molecule has 0 saturated carbocycles. The molecule has 0 heteroatoms. The Morgan fingerprint density at radius 2 is 3.00 bits per heavy atom. The normalized spacial score (nSPS) is 39.6. The molecule has 0 aromatic rings. The van der Waals surface area contributed by atoms with Crippen molar-refractivity contribution >= 4 is 0 Å². The van der Waals surface area contributed by atoms with Crippen molar-refractivity contribution in [3.05, 3.63) is 23.8 Å². The number of hydrogen-bond donors (Lipinski definition) is 0. The Kier molecular flexibility index (Phi) is 0.680. The van der Waals surface area contributed by atoms with Crippen molar-refractivity contribution in [2.75, 3.05) is 0 Å². The maximum atomic E-state index is 7.33. The lowest BCUT2D eigenvalue weighted by Crippen LogP contribution is -2.04. The van der Waals surface area contributed by atoms with Crippen molar-refractivity contribution in [1.82, 2.24) is 0 Å². The third kappa shape index (κ3) is 1.73. The van der Waals surface area contributed by atoms with Gasteiger partial charge in [-0.1, -0.05) is 23.8 Å². The van der Waals surface area contributed by atoms with E-state index in [2.05, 4.69) is 0 Å². The van der Waals surface area contributed by atoms with E-state index in [1.807, 2.05) is 0 Å². The molecule has 1 rings (SSSR count). The summed E-state index contributed by atoms with van der Waals surface area (Å²) >= 11 is 0. The van der Waals surface area contributed by atoms with E-state index in [9.17, 15) is 0 Å². The van der Waals surface area contributed by atoms with E-state index >= 15 is 0 Å². The summed E-state index contributed by atoms with van der Waals surface area (Å²) in [4.78, 5) is 0. The second-order valence-corrected chi connectivity index (χ2v) is 2.61. The largest absolute Gasteiger partial charge is 0.0998 e. The number of hydrogen-bond acceptors (Lipinski definition) is 0. The molecule has 56 valence electrons. The molecule has 0 spiro atoms. The van der Waals surface area contributed by atoms with Crippen molar-refractivity contribution < 1.29 is 11.0 Å². The van der Waals surface area contributed by atoms with Gasteiger partial charge in [0.2, 0.25) is 0 Å². The standard InChI is InChI=1S/C10H16/c1-8(2)10-6-4-9(3)5-7-10/h4,10H,1,5-7H2,2-3H3/t10-/m0/s1/i1D2,2D3,3D3. The van der Waals surface area contributed by atoms with Gasteiger partial charge in [0, 0.05) is 8.22 Å². The monoisotopic (exact) mass is 144 g/mol. The van der Waals surface area contributed by atoms with Crippen molar-refractivity contribution in [3.63, 3.8) is 0 Å². The first-order valence-corrected chi connectivity index (χ1v) is 3.41. The minimum Gasteiger partial charge on any atom is -0.0998 e. The summed E-state index contributed by atoms with van der Waals surface area (Å²) in [6.07, 6.45) is 2.49. The van der Waals surface area contributed by atoms with Crippen molar-refractivity contribution in [2.45, 2.75) is 33.0 Å². The first kappa shape index (κ1) is 2.23. The van der Waals surface area contributed by atoms with Crippen molar-refractivity contribution in [3.8, 4) is 0 Å². The van der Waals surface area contributed by atoms with Crippen LogP contribution in [0.5, 0.6) is 0 Å². The Hall–Kier alpha value is -0.520. The van der Waals surface area contributed by atoms with Gasteiger partial charge < -0.3 is 0 Å². The van der Waals surface area contributed by atoms with Gasteiger partial charge in [-0.25, -0.2) is 0 Å². The van der Waals surface area contributed by atoms with Crippen LogP contribution in [0.2, 0.25) is 0 Å². The Morgan fingerprint density at radius 3 is 3.50 bits per heavy atom. The summed E-state index contributed by atoms with van der Waals surface area (Å²) in [5, 5.41) is 0. The smallest absolute Gasteiger partial charge is 0.0537 e. The fourth-order valence-electron chi connectivity index (χ4n) is 1.10. The molecule has 0 aromatic heterocycles. The summed E-state index contributed by atoms with van der Waals surface area (Å²) in [5.74, 6) is -0.423. The zero-order valence-electron chi connectivity index (χ0n) is 13.8. The van der Waals surface area contributed by atoms with E-state index in [0.717, 1.165) is 0 Å². The van der Waals surface area contributed by atoms with E-state index < -0.39 is 26.2 Å². The highest BCUT2D eigenvalue weighted by Gasteiger charge is 2.11. The minimum absolute atomic E-state index is 0.164. The molecule has 0 saturated heterocycles. The van der Waals surface area contributed by atoms with Crippen molar-refractivity contribution in [2.24, 2.45) is 5.92 Å². The zero-order valence-corrected chi connectivity index (χ0v) is 5.78. The molecule has 0 heterocycles. The summed E-state index contributed by atoms with van der Waals surface area (Å²) < 4.78 is 58.3. The van der Waals surface area contributed by atoms with Gasteiger partial charge >= 0.3 is 0 Å². The molecule has 10 heavy (non-hydrogen) atoms. The highest BCUT2D eigenvalue weighted by atomic mass is 14.2. The average molecular weight is 144 g/mol. The number of rotatable bonds is 1. The molecular weight excluding hydrogens is 120 g/mol. The molecule has 0 aromatic carbocycles. The summed E-state index contributed by atoms with van der Waals surface area (Å²) in [6.45, 7) is -5.25. The molecule has 0 amide bonds. The molecule has 0 aliphatic heterocycles. The SMILES string of the molecule is [2H]C([2H])=C([C@H]1CC=C(C([2H])([2H])[2H])CC1)C([2H])([2H])[2H]. The molecular formula is C10H16. The van der Waals surface area contributed by atoms with Gasteiger partial charge in [0.25, 0.3) is 0 Å². The van der Waals surface area contributed by atoms with E-state index in [-0.39, 0.29) is 12.0 Å². The quantitative estimate of drug-likeness (QED) is 0.495. The molecule has 0 N–H and O–H groups in total. The first-order chi connectivity index (χ1) is 8.03. The van der Waals surface area contributed by atoms with E-state index in [4.69, 9.17) is 11.0 Å². The van der Waals surface area contributed by atoms with Crippen molar-refractivity contribution in [1.29, 1.82) is 0 Å².